The van der Waals surface area contributed by atoms with Crippen LogP contribution in [0.5, 0.6) is 0 Å². The Morgan fingerprint density at radius 2 is 2.00 bits per heavy atom. The molecule has 118 valence electrons. The van der Waals surface area contributed by atoms with Crippen molar-refractivity contribution in [3.05, 3.63) is 69.8 Å². The highest BCUT2D eigenvalue weighted by molar-refractivity contribution is 6.16. The van der Waals surface area contributed by atoms with Crippen LogP contribution in [0.25, 0.3) is 0 Å². The number of hydrogen-bond donors (Lipinski definition) is 1. The Morgan fingerprint density at radius 1 is 1.26 bits per heavy atom. The van der Waals surface area contributed by atoms with Crippen LogP contribution in [0.4, 0.5) is 11.4 Å². The van der Waals surface area contributed by atoms with E-state index in [-0.39, 0.29) is 12.2 Å². The molecule has 2 aromatic rings. The lowest BCUT2D eigenvalue weighted by Gasteiger charge is -2.27. The van der Waals surface area contributed by atoms with Gasteiger partial charge in [0.2, 0.25) is 0 Å². The lowest BCUT2D eigenvalue weighted by Crippen LogP contribution is -2.34. The fourth-order valence-corrected chi connectivity index (χ4v) is 2.76. The number of anilines is 1. The molecule has 1 aliphatic rings. The summed E-state index contributed by atoms with van der Waals surface area (Å²) in [5.74, 6) is 0. The molecular weight excluding hydrogens is 294 g/mol. The predicted octanol–water partition coefficient (Wildman–Crippen LogP) is 2.24. The summed E-state index contributed by atoms with van der Waals surface area (Å²) in [6, 6.07) is 14.3. The first-order valence-electron chi connectivity index (χ1n) is 7.34. The Labute approximate surface area is 133 Å². The molecule has 6 nitrogen and oxygen atoms in total. The third kappa shape index (κ3) is 3.07. The molecule has 1 unspecified atom stereocenters. The quantitative estimate of drug-likeness (QED) is 0.681. The Hall–Kier alpha value is -2.73. The first-order chi connectivity index (χ1) is 11.1. The van der Waals surface area contributed by atoms with Crippen molar-refractivity contribution in [1.29, 1.82) is 0 Å². The molecule has 0 saturated heterocycles. The van der Waals surface area contributed by atoms with E-state index in [0.29, 0.717) is 17.8 Å². The number of non-ortho nitro benzene ring substituents is 1. The maximum Gasteiger partial charge on any atom is 0.270 e. The van der Waals surface area contributed by atoms with Gasteiger partial charge in [0.05, 0.1) is 23.3 Å². The fourth-order valence-electron chi connectivity index (χ4n) is 2.76. The number of aliphatic hydroxyl groups is 1. The minimum Gasteiger partial charge on any atom is -0.389 e. The van der Waals surface area contributed by atoms with Crippen molar-refractivity contribution in [2.45, 2.75) is 6.10 Å². The molecule has 0 spiro atoms. The number of fused-ring (bicyclic) bond motifs is 1. The zero-order valence-corrected chi connectivity index (χ0v) is 12.7. The molecule has 1 N–H and O–H groups in total. The van der Waals surface area contributed by atoms with Crippen LogP contribution in [0, 0.1) is 10.1 Å². The van der Waals surface area contributed by atoms with Gasteiger partial charge in [0.15, 0.2) is 0 Å². The van der Waals surface area contributed by atoms with Crippen molar-refractivity contribution in [3.63, 3.8) is 0 Å². The van der Waals surface area contributed by atoms with Gasteiger partial charge in [-0.25, -0.2) is 0 Å². The first kappa shape index (κ1) is 15.2. The number of benzene rings is 2. The molecule has 0 saturated carbocycles. The van der Waals surface area contributed by atoms with Gasteiger partial charge in [-0.05, 0) is 6.07 Å². The number of nitro benzene ring substituents is 1. The highest BCUT2D eigenvalue weighted by atomic mass is 16.6. The van der Waals surface area contributed by atoms with Crippen LogP contribution >= 0.6 is 0 Å². The molecule has 1 heterocycles. The molecule has 0 fully saturated rings. The largest absolute Gasteiger partial charge is 0.389 e. The number of nitrogens with zero attached hydrogens (tertiary/aromatic N) is 3. The van der Waals surface area contributed by atoms with Crippen molar-refractivity contribution in [3.8, 4) is 0 Å². The molecule has 3 rings (SSSR count). The zero-order valence-electron chi connectivity index (χ0n) is 12.7. The summed E-state index contributed by atoms with van der Waals surface area (Å²) in [5, 5.41) is 21.2. The van der Waals surface area contributed by atoms with Crippen molar-refractivity contribution >= 4 is 17.1 Å². The SMILES string of the molecule is CN1CC(O)CN=C(c2ccccc2)c2cc([N+](=O)[O-])ccc21. The number of aliphatic imine (C=N–C) groups is 1. The predicted molar refractivity (Wildman–Crippen MR) is 89.3 cm³/mol. The molecule has 0 amide bonds. The van der Waals surface area contributed by atoms with E-state index in [1.165, 1.54) is 6.07 Å². The first-order valence-corrected chi connectivity index (χ1v) is 7.34. The topological polar surface area (TPSA) is 79.0 Å². The molecule has 1 atom stereocenters. The third-order valence-corrected chi connectivity index (χ3v) is 3.85. The Morgan fingerprint density at radius 3 is 2.70 bits per heavy atom. The lowest BCUT2D eigenvalue weighted by molar-refractivity contribution is -0.384. The number of nitro groups is 1. The van der Waals surface area contributed by atoms with Crippen LogP contribution < -0.4 is 4.90 Å². The summed E-state index contributed by atoms with van der Waals surface area (Å²) in [7, 11) is 1.86. The van der Waals surface area contributed by atoms with Gasteiger partial charge in [-0.15, -0.1) is 0 Å². The summed E-state index contributed by atoms with van der Waals surface area (Å²) < 4.78 is 0. The number of hydrogen-bond acceptors (Lipinski definition) is 5. The second-order valence-corrected chi connectivity index (χ2v) is 5.55. The minimum atomic E-state index is -0.581. The monoisotopic (exact) mass is 311 g/mol. The van der Waals surface area contributed by atoms with Crippen molar-refractivity contribution in [2.75, 3.05) is 25.0 Å². The number of β-amino-alcohol motifs (C(OH)–C–C–N with tert-alkyl or cyclic N) is 1. The molecule has 0 aromatic heterocycles. The maximum absolute atomic E-state index is 11.1. The maximum atomic E-state index is 11.1. The van der Waals surface area contributed by atoms with Gasteiger partial charge in [-0.1, -0.05) is 30.3 Å². The summed E-state index contributed by atoms with van der Waals surface area (Å²) in [6.45, 7) is 0.688. The van der Waals surface area contributed by atoms with Gasteiger partial charge in [0.25, 0.3) is 5.69 Å². The van der Waals surface area contributed by atoms with E-state index in [9.17, 15) is 15.2 Å². The van der Waals surface area contributed by atoms with Crippen LogP contribution in [0.2, 0.25) is 0 Å². The molecule has 0 radical (unpaired) electrons. The van der Waals surface area contributed by atoms with E-state index in [1.807, 2.05) is 42.3 Å². The number of rotatable bonds is 2. The number of aliphatic hydroxyl groups excluding tert-OH is 1. The second-order valence-electron chi connectivity index (χ2n) is 5.55. The van der Waals surface area contributed by atoms with E-state index in [0.717, 1.165) is 11.3 Å². The summed E-state index contributed by atoms with van der Waals surface area (Å²) in [4.78, 5) is 17.2. The van der Waals surface area contributed by atoms with Crippen LogP contribution in [0.15, 0.2) is 53.5 Å². The van der Waals surface area contributed by atoms with E-state index in [1.54, 1.807) is 12.1 Å². The van der Waals surface area contributed by atoms with Crippen LogP contribution in [-0.2, 0) is 0 Å². The normalized spacial score (nSPS) is 17.7. The molecule has 1 aliphatic heterocycles. The zero-order chi connectivity index (χ0) is 16.4. The molecule has 2 aromatic carbocycles. The van der Waals surface area contributed by atoms with Crippen LogP contribution in [0.1, 0.15) is 11.1 Å². The van der Waals surface area contributed by atoms with Gasteiger partial charge in [-0.2, -0.15) is 0 Å². The summed E-state index contributed by atoms with van der Waals surface area (Å²) in [6.07, 6.45) is -0.581. The Kier molecular flexibility index (Phi) is 4.08. The minimum absolute atomic E-state index is 0.0295. The summed E-state index contributed by atoms with van der Waals surface area (Å²) >= 11 is 0. The third-order valence-electron chi connectivity index (χ3n) is 3.85. The highest BCUT2D eigenvalue weighted by Gasteiger charge is 2.22. The van der Waals surface area contributed by atoms with Crippen LogP contribution in [-0.4, -0.2) is 42.0 Å². The molecular formula is C17H17N3O3. The van der Waals surface area contributed by atoms with Crippen LogP contribution in [0.3, 0.4) is 0 Å². The fraction of sp³-hybridized carbons (Fsp3) is 0.235. The second kappa shape index (κ2) is 6.18. The Balaban J connectivity index is 2.21. The average Bonchev–Trinajstić information content (AvgIpc) is 2.54. The highest BCUT2D eigenvalue weighted by Crippen LogP contribution is 2.29. The molecule has 0 bridgehead atoms. The van der Waals surface area contributed by atoms with E-state index in [2.05, 4.69) is 4.99 Å². The average molecular weight is 311 g/mol. The molecule has 6 heteroatoms. The summed E-state index contributed by atoms with van der Waals surface area (Å²) in [5.41, 5.74) is 3.09. The molecule has 23 heavy (non-hydrogen) atoms. The van der Waals surface area contributed by atoms with Gasteiger partial charge >= 0.3 is 0 Å². The van der Waals surface area contributed by atoms with E-state index >= 15 is 0 Å². The van der Waals surface area contributed by atoms with Crippen molar-refractivity contribution in [1.82, 2.24) is 0 Å². The van der Waals surface area contributed by atoms with Crippen molar-refractivity contribution in [2.24, 2.45) is 4.99 Å². The van der Waals surface area contributed by atoms with E-state index < -0.39 is 11.0 Å². The smallest absolute Gasteiger partial charge is 0.270 e. The van der Waals surface area contributed by atoms with Gasteiger partial charge in [0.1, 0.15) is 0 Å². The standard InChI is InChI=1S/C17H17N3O3/c1-19-11-14(21)10-18-17(12-5-3-2-4-6-12)15-9-13(20(22)23)7-8-16(15)19/h2-9,14,21H,10-11H2,1H3. The number of likely N-dealkylation sites (N-methyl/N-ethyl adjacent to an activating group) is 1. The van der Waals surface area contributed by atoms with Gasteiger partial charge in [-0.3, -0.25) is 15.1 Å². The van der Waals surface area contributed by atoms with E-state index in [4.69, 9.17) is 0 Å². The van der Waals surface area contributed by atoms with Gasteiger partial charge in [0, 0.05) is 42.5 Å². The lowest BCUT2D eigenvalue weighted by atomic mass is 9.98. The van der Waals surface area contributed by atoms with Gasteiger partial charge < -0.3 is 10.0 Å². The van der Waals surface area contributed by atoms with Crippen molar-refractivity contribution < 1.29 is 10.0 Å². The molecule has 0 aliphatic carbocycles. The Bertz CT molecular complexity index is 759.